The Morgan fingerprint density at radius 3 is 1.65 bits per heavy atom. The molecule has 8 rings (SSSR count). The van der Waals surface area contributed by atoms with Crippen molar-refractivity contribution in [2.24, 2.45) is 0 Å². The van der Waals surface area contributed by atoms with Gasteiger partial charge in [-0.25, -0.2) is 0 Å². The average Bonchev–Trinajstić information content (AvgIpc) is 0.808. The highest BCUT2D eigenvalue weighted by molar-refractivity contribution is 6.99. The molecule has 3 saturated heterocycles. The normalized spacial score (nSPS) is 29.6. The summed E-state index contributed by atoms with van der Waals surface area (Å²) in [6, 6.07) is 48.0. The van der Waals surface area contributed by atoms with Crippen LogP contribution in [0, 0.1) is 0 Å². The molecule has 3 fully saturated rings. The first-order chi connectivity index (χ1) is 41.7. The third kappa shape index (κ3) is 15.5. The predicted octanol–water partition coefficient (Wildman–Crippen LogP) is 15.9. The smallest absolute Gasteiger partial charge is 0.261 e. The van der Waals surface area contributed by atoms with Gasteiger partial charge in [-0.1, -0.05) is 210 Å². The summed E-state index contributed by atoms with van der Waals surface area (Å²) in [4.78, 5) is 15.2. The second-order valence-electron chi connectivity index (χ2n) is 29.1. The van der Waals surface area contributed by atoms with E-state index in [1.54, 1.807) is 6.08 Å². The van der Waals surface area contributed by atoms with E-state index in [0.717, 1.165) is 47.4 Å². The number of hydrogen-bond acceptors (Lipinski definition) is 11. The number of ketones is 1. The minimum atomic E-state index is -2.89. The minimum Gasteiger partial charge on any atom is -0.411 e. The Morgan fingerprint density at radius 1 is 0.602 bits per heavy atom. The van der Waals surface area contributed by atoms with E-state index in [4.69, 9.17) is 46.1 Å². The molecule has 0 amide bonds. The van der Waals surface area contributed by atoms with Gasteiger partial charge in [-0.2, -0.15) is 0 Å². The molecule has 4 aromatic carbocycles. The van der Waals surface area contributed by atoms with Crippen LogP contribution in [0.25, 0.3) is 0 Å². The fraction of sp³-hybridized carbons (Fsp3) is 0.630. The summed E-state index contributed by atoms with van der Waals surface area (Å²) in [5.41, 5.74) is -0.408. The quantitative estimate of drug-likeness (QED) is 0.0532. The molecule has 11 nitrogen and oxygen atoms in total. The van der Waals surface area contributed by atoms with Crippen LogP contribution < -0.4 is 10.4 Å². The van der Waals surface area contributed by atoms with Crippen molar-refractivity contribution in [2.75, 3.05) is 13.2 Å². The summed E-state index contributed by atoms with van der Waals surface area (Å²) >= 11 is 0. The maximum absolute atomic E-state index is 15.2. The van der Waals surface area contributed by atoms with Crippen molar-refractivity contribution in [1.82, 2.24) is 0 Å². The molecule has 0 saturated carbocycles. The van der Waals surface area contributed by atoms with Crippen LogP contribution in [0.5, 0.6) is 0 Å². The highest BCUT2D eigenvalue weighted by Gasteiger charge is 2.64. The van der Waals surface area contributed by atoms with Crippen LogP contribution in [0.2, 0.25) is 59.4 Å². The van der Waals surface area contributed by atoms with Gasteiger partial charge in [-0.3, -0.25) is 4.79 Å². The van der Waals surface area contributed by atoms with Gasteiger partial charge in [0.1, 0.15) is 23.9 Å². The van der Waals surface area contributed by atoms with E-state index in [1.807, 2.05) is 42.5 Å². The highest BCUT2D eigenvalue weighted by Crippen LogP contribution is 2.51. The van der Waals surface area contributed by atoms with Gasteiger partial charge in [-0.15, -0.1) is 0 Å². The number of ether oxygens (including phenoxy) is 6. The molecule has 0 bridgehead atoms. The van der Waals surface area contributed by atoms with Gasteiger partial charge in [0.05, 0.1) is 67.6 Å². The molecule has 4 aliphatic heterocycles. The molecule has 88 heavy (non-hydrogen) atoms. The fourth-order valence-corrected chi connectivity index (χ4v) is 26.1. The van der Waals surface area contributed by atoms with Crippen LogP contribution in [0.1, 0.15) is 147 Å². The summed E-state index contributed by atoms with van der Waals surface area (Å²) in [6.45, 7) is 40.5. The van der Waals surface area contributed by atoms with Crippen LogP contribution in [0.15, 0.2) is 133 Å². The van der Waals surface area contributed by atoms with E-state index in [1.165, 1.54) is 10.4 Å². The Hall–Kier alpha value is -3.24. The lowest BCUT2D eigenvalue weighted by molar-refractivity contribution is -0.330. The lowest BCUT2D eigenvalue weighted by Crippen LogP contribution is -2.74. The number of rotatable bonds is 27. The van der Waals surface area contributed by atoms with E-state index in [2.05, 4.69) is 202 Å². The molecule has 0 aliphatic carbocycles. The van der Waals surface area contributed by atoms with Crippen molar-refractivity contribution < 1.29 is 50.9 Å². The van der Waals surface area contributed by atoms with Gasteiger partial charge in [-0.05, 0) is 114 Å². The van der Waals surface area contributed by atoms with Gasteiger partial charge in [0.25, 0.3) is 8.32 Å². The summed E-state index contributed by atoms with van der Waals surface area (Å²) < 4.78 is 75.4. The number of carbonyl (C=O) groups is 1. The third-order valence-corrected chi connectivity index (χ3v) is 40.3. The Bertz CT molecular complexity index is 2770. The molecule has 4 aliphatic rings. The van der Waals surface area contributed by atoms with E-state index < -0.39 is 92.8 Å². The first-order valence-corrected chi connectivity index (χ1v) is 43.5. The second-order valence-corrected chi connectivity index (χ2v) is 47.6. The Kier molecular flexibility index (Phi) is 23.6. The number of hydrogen-bond donors (Lipinski definition) is 0. The van der Waals surface area contributed by atoms with Crippen molar-refractivity contribution in [3.63, 3.8) is 0 Å². The number of carbonyl (C=O) groups excluding carboxylic acids is 1. The molecule has 12 atom stereocenters. The van der Waals surface area contributed by atoms with Crippen molar-refractivity contribution in [1.29, 1.82) is 0 Å². The highest BCUT2D eigenvalue weighted by atomic mass is 28.4. The molecule has 0 N–H and O–H groups in total. The second kappa shape index (κ2) is 29.4. The molecule has 0 radical (unpaired) electrons. The average molecular weight is 1280 g/mol. The molecule has 0 unspecified atom stereocenters. The van der Waals surface area contributed by atoms with Crippen molar-refractivity contribution >= 4 is 49.4 Å². The van der Waals surface area contributed by atoms with E-state index in [-0.39, 0.29) is 34.5 Å². The molecule has 4 aromatic rings. The SMILES string of the molecule is CC[Si](CC)(CC)O[C@H]1[C@@H](O[Si](CC)(CC)CC)[C@@]2(C)O[C@@H](COCc3ccccc3)[C@H](OCc3ccccc3)C[C@@H]2O[C@@H]1C[C@H]1O[C@@H]2C[C@H](O[Si](C)(C)C(C)(C)C)[C@@](C)(CCO[Si](c3ccccc3)(c3ccccc3)C(C)(C)C)O[C@@]2(C)C/C=C\C1=O. The van der Waals surface area contributed by atoms with Crippen LogP contribution in [-0.4, -0.2) is 124 Å². The molecule has 15 heteroatoms. The van der Waals surface area contributed by atoms with Crippen molar-refractivity contribution in [3.05, 3.63) is 145 Å². The standard InChI is InChI=1S/C73H112O11Si4/c1-18-86(19-2,20-3)82-67-62(79-66-50-61(76-53-56-39-30-25-31-40-56)63(54-75-52-55-37-28-24-29-38-55)80-73(66,15)68(67)83-87(21-4,22-5)23-6)49-60-59(74)45-36-46-71(13)64(78-60)51-65(81-85(16,17)69(7,8)9)72(14,84-71)47-48-77-88(70(10,11)12,57-41-32-26-33-42-57)58-43-34-27-35-44-58/h24-45,60-68H,18-23,46-54H2,1-17H3/b45-36-/t60-,61-,62-,63+,64-,65+,66+,67-,68-,71+,72-,73+/m1/s1. The zero-order valence-electron chi connectivity index (χ0n) is 57.0. The fourth-order valence-electron chi connectivity index (χ4n) is 14.3. The largest absolute Gasteiger partial charge is 0.411 e. The van der Waals surface area contributed by atoms with Crippen LogP contribution >= 0.6 is 0 Å². The monoisotopic (exact) mass is 1280 g/mol. The summed E-state index contributed by atoms with van der Waals surface area (Å²) in [5.74, 6) is -0.0897. The minimum absolute atomic E-state index is 0.0883. The number of benzene rings is 4. The van der Waals surface area contributed by atoms with Crippen LogP contribution in [0.4, 0.5) is 0 Å². The molecular formula is C73H112O11Si4. The van der Waals surface area contributed by atoms with Crippen molar-refractivity contribution in [3.8, 4) is 0 Å². The lowest BCUT2D eigenvalue weighted by Gasteiger charge is -2.60. The Morgan fingerprint density at radius 2 is 1.12 bits per heavy atom. The molecular weight excluding hydrogens is 1170 g/mol. The maximum atomic E-state index is 15.2. The van der Waals surface area contributed by atoms with E-state index in [9.17, 15) is 0 Å². The molecule has 0 aromatic heterocycles. The zero-order chi connectivity index (χ0) is 63.8. The molecule has 4 heterocycles. The maximum Gasteiger partial charge on any atom is 0.261 e. The Balaban J connectivity index is 1.16. The Labute approximate surface area is 535 Å². The van der Waals surface area contributed by atoms with Gasteiger partial charge >= 0.3 is 0 Å². The predicted molar refractivity (Wildman–Crippen MR) is 367 cm³/mol. The first-order valence-electron chi connectivity index (χ1n) is 33.7. The zero-order valence-corrected chi connectivity index (χ0v) is 61.0. The van der Waals surface area contributed by atoms with Gasteiger partial charge < -0.3 is 46.1 Å². The van der Waals surface area contributed by atoms with Gasteiger partial charge in [0, 0.05) is 32.3 Å². The van der Waals surface area contributed by atoms with E-state index >= 15 is 4.79 Å². The number of fused-ring (bicyclic) bond motifs is 2. The summed E-state index contributed by atoms with van der Waals surface area (Å²) in [7, 11) is -10.2. The first kappa shape index (κ1) is 70.6. The lowest BCUT2D eigenvalue weighted by atomic mass is 9.77. The van der Waals surface area contributed by atoms with Crippen LogP contribution in [-0.2, 0) is 64.1 Å². The van der Waals surface area contributed by atoms with Crippen molar-refractivity contribution in [2.45, 2.75) is 280 Å². The summed E-state index contributed by atoms with van der Waals surface area (Å²) in [5, 5.41) is 2.20. The van der Waals surface area contributed by atoms with Gasteiger partial charge in [0.2, 0.25) is 0 Å². The molecule has 486 valence electrons. The molecule has 0 spiro atoms. The van der Waals surface area contributed by atoms with E-state index in [0.29, 0.717) is 52.1 Å². The van der Waals surface area contributed by atoms with Crippen LogP contribution in [0.3, 0.4) is 0 Å². The third-order valence-electron chi connectivity index (χ3n) is 21.5. The summed E-state index contributed by atoms with van der Waals surface area (Å²) in [6.07, 6.45) is 1.41. The van der Waals surface area contributed by atoms with Gasteiger partial charge in [0.15, 0.2) is 30.7 Å². The topological polar surface area (TPSA) is 109 Å².